The summed E-state index contributed by atoms with van der Waals surface area (Å²) >= 11 is 1.89. The van der Waals surface area contributed by atoms with E-state index in [0.717, 1.165) is 18.7 Å². The van der Waals surface area contributed by atoms with E-state index < -0.39 is 0 Å². The number of nitrogens with one attached hydrogen (secondary N) is 1. The first-order chi connectivity index (χ1) is 10.3. The number of fused-ring (bicyclic) bond motifs is 1. The Bertz CT molecular complexity index is 730. The van der Waals surface area contributed by atoms with E-state index in [4.69, 9.17) is 10.5 Å². The number of benzene rings is 2. The number of hydrogen-bond acceptors (Lipinski definition) is 4. The topological polar surface area (TPSA) is 59.6 Å². The standard InChI is InChI=1S/C17H13N3S/c18-9-13-5-6-15(7-14(13)10-19)20-11-16-8-12-3-1-2-4-17(12)21-16/h1-7,16,20H,8,11H2. The van der Waals surface area contributed by atoms with Crippen molar-refractivity contribution in [3.63, 3.8) is 0 Å². The Morgan fingerprint density at radius 3 is 2.67 bits per heavy atom. The van der Waals surface area contributed by atoms with Crippen LogP contribution in [0.3, 0.4) is 0 Å². The molecule has 0 aromatic heterocycles. The second-order valence-corrected chi connectivity index (χ2v) is 6.26. The van der Waals surface area contributed by atoms with E-state index in [2.05, 4.69) is 35.7 Å². The molecule has 0 fully saturated rings. The fourth-order valence-corrected chi connectivity index (χ4v) is 3.69. The summed E-state index contributed by atoms with van der Waals surface area (Å²) in [5, 5.41) is 21.8. The minimum absolute atomic E-state index is 0.421. The summed E-state index contributed by atoms with van der Waals surface area (Å²) in [7, 11) is 0. The van der Waals surface area contributed by atoms with Crippen molar-refractivity contribution >= 4 is 17.4 Å². The number of anilines is 1. The molecule has 3 nitrogen and oxygen atoms in total. The largest absolute Gasteiger partial charge is 0.384 e. The second kappa shape index (κ2) is 5.91. The van der Waals surface area contributed by atoms with Gasteiger partial charge in [-0.3, -0.25) is 0 Å². The fourth-order valence-electron chi connectivity index (χ4n) is 2.44. The Morgan fingerprint density at radius 1 is 1.10 bits per heavy atom. The number of thioether (sulfide) groups is 1. The van der Waals surface area contributed by atoms with Crippen molar-refractivity contribution < 1.29 is 0 Å². The molecule has 21 heavy (non-hydrogen) atoms. The van der Waals surface area contributed by atoms with Gasteiger partial charge in [-0.2, -0.15) is 10.5 Å². The summed E-state index contributed by atoms with van der Waals surface area (Å²) in [5.74, 6) is 0. The van der Waals surface area contributed by atoms with Crippen LogP contribution in [0.1, 0.15) is 16.7 Å². The molecule has 3 rings (SSSR count). The van der Waals surface area contributed by atoms with Crippen LogP contribution >= 0.6 is 11.8 Å². The smallest absolute Gasteiger partial charge is 0.101 e. The maximum Gasteiger partial charge on any atom is 0.101 e. The average Bonchev–Trinajstić information content (AvgIpc) is 2.95. The minimum atomic E-state index is 0.421. The Morgan fingerprint density at radius 2 is 1.90 bits per heavy atom. The van der Waals surface area contributed by atoms with E-state index in [-0.39, 0.29) is 0 Å². The zero-order chi connectivity index (χ0) is 14.7. The van der Waals surface area contributed by atoms with Crippen LogP contribution in [0, 0.1) is 22.7 Å². The van der Waals surface area contributed by atoms with Crippen molar-refractivity contribution in [3.8, 4) is 12.1 Å². The molecule has 2 aromatic rings. The molecule has 0 saturated carbocycles. The predicted octanol–water partition coefficient (Wildman–Crippen LogP) is 3.56. The monoisotopic (exact) mass is 291 g/mol. The lowest BCUT2D eigenvalue weighted by Crippen LogP contribution is -2.15. The van der Waals surface area contributed by atoms with Gasteiger partial charge in [-0.25, -0.2) is 0 Å². The Kier molecular flexibility index (Phi) is 3.81. The van der Waals surface area contributed by atoms with Gasteiger partial charge >= 0.3 is 0 Å². The number of rotatable bonds is 3. The SMILES string of the molecule is N#Cc1ccc(NCC2Cc3ccccc3S2)cc1C#N. The molecule has 0 bridgehead atoms. The summed E-state index contributed by atoms with van der Waals surface area (Å²) in [6, 6.07) is 17.9. The molecular weight excluding hydrogens is 278 g/mol. The molecule has 1 N–H and O–H groups in total. The highest BCUT2D eigenvalue weighted by molar-refractivity contribution is 8.00. The molecule has 0 aliphatic carbocycles. The van der Waals surface area contributed by atoms with Crippen LogP contribution in [0.5, 0.6) is 0 Å². The van der Waals surface area contributed by atoms with Crippen LogP contribution in [0.4, 0.5) is 5.69 Å². The van der Waals surface area contributed by atoms with Gasteiger partial charge in [-0.15, -0.1) is 11.8 Å². The van der Waals surface area contributed by atoms with Gasteiger partial charge in [0, 0.05) is 22.4 Å². The van der Waals surface area contributed by atoms with E-state index in [1.165, 1.54) is 10.5 Å². The van der Waals surface area contributed by atoms with Crippen molar-refractivity contribution in [2.75, 3.05) is 11.9 Å². The first-order valence-electron chi connectivity index (χ1n) is 6.73. The lowest BCUT2D eigenvalue weighted by molar-refractivity contribution is 0.899. The van der Waals surface area contributed by atoms with Gasteiger partial charge in [0.2, 0.25) is 0 Å². The summed E-state index contributed by atoms with van der Waals surface area (Å²) in [6.07, 6.45) is 1.06. The van der Waals surface area contributed by atoms with E-state index in [1.54, 1.807) is 12.1 Å². The molecule has 1 heterocycles. The van der Waals surface area contributed by atoms with Crippen LogP contribution < -0.4 is 5.32 Å². The molecule has 102 valence electrons. The first-order valence-corrected chi connectivity index (χ1v) is 7.61. The fraction of sp³-hybridized carbons (Fsp3) is 0.176. The third kappa shape index (κ3) is 2.86. The zero-order valence-corrected chi connectivity index (χ0v) is 12.2. The van der Waals surface area contributed by atoms with Gasteiger partial charge in [-0.1, -0.05) is 18.2 Å². The predicted molar refractivity (Wildman–Crippen MR) is 84.2 cm³/mol. The van der Waals surface area contributed by atoms with Crippen molar-refractivity contribution in [1.82, 2.24) is 0 Å². The minimum Gasteiger partial charge on any atom is -0.384 e. The number of nitriles is 2. The molecule has 0 saturated heterocycles. The summed E-state index contributed by atoms with van der Waals surface area (Å²) in [6.45, 7) is 0.843. The van der Waals surface area contributed by atoms with Gasteiger partial charge in [0.15, 0.2) is 0 Å². The lowest BCUT2D eigenvalue weighted by atomic mass is 10.1. The van der Waals surface area contributed by atoms with Gasteiger partial charge in [-0.05, 0) is 36.2 Å². The molecule has 1 atom stereocenters. The molecule has 0 amide bonds. The third-order valence-electron chi connectivity index (χ3n) is 3.51. The van der Waals surface area contributed by atoms with Crippen LogP contribution in [-0.4, -0.2) is 11.8 Å². The molecule has 1 aliphatic heterocycles. The lowest BCUT2D eigenvalue weighted by Gasteiger charge is -2.11. The van der Waals surface area contributed by atoms with Crippen LogP contribution in [0.25, 0.3) is 0 Å². The first kappa shape index (κ1) is 13.5. The van der Waals surface area contributed by atoms with E-state index in [1.807, 2.05) is 23.9 Å². The van der Waals surface area contributed by atoms with Gasteiger partial charge in [0.05, 0.1) is 11.1 Å². The molecule has 2 aromatic carbocycles. The summed E-state index contributed by atoms with van der Waals surface area (Å²) in [5.41, 5.74) is 3.14. The van der Waals surface area contributed by atoms with Crippen molar-refractivity contribution in [2.45, 2.75) is 16.6 Å². The van der Waals surface area contributed by atoms with Crippen LogP contribution in [-0.2, 0) is 6.42 Å². The van der Waals surface area contributed by atoms with Crippen molar-refractivity contribution in [1.29, 1.82) is 10.5 Å². The van der Waals surface area contributed by atoms with E-state index in [9.17, 15) is 0 Å². The van der Waals surface area contributed by atoms with Gasteiger partial charge < -0.3 is 5.32 Å². The number of hydrogen-bond donors (Lipinski definition) is 1. The Labute approximate surface area is 128 Å². The third-order valence-corrected chi connectivity index (χ3v) is 4.83. The van der Waals surface area contributed by atoms with Crippen molar-refractivity contribution in [3.05, 3.63) is 59.2 Å². The maximum atomic E-state index is 9.04. The quantitative estimate of drug-likeness (QED) is 0.939. The molecule has 0 spiro atoms. The van der Waals surface area contributed by atoms with Crippen molar-refractivity contribution in [2.24, 2.45) is 0 Å². The molecule has 0 radical (unpaired) electrons. The molecule has 1 aliphatic rings. The number of nitrogens with zero attached hydrogens (tertiary/aromatic N) is 2. The summed E-state index contributed by atoms with van der Waals surface area (Å²) < 4.78 is 0. The van der Waals surface area contributed by atoms with E-state index >= 15 is 0 Å². The average molecular weight is 291 g/mol. The molecule has 1 unspecified atom stereocenters. The Balaban J connectivity index is 1.65. The zero-order valence-electron chi connectivity index (χ0n) is 11.3. The Hall–Kier alpha value is -2.43. The van der Waals surface area contributed by atoms with Crippen LogP contribution in [0.2, 0.25) is 0 Å². The van der Waals surface area contributed by atoms with Gasteiger partial charge in [0.25, 0.3) is 0 Å². The highest BCUT2D eigenvalue weighted by Gasteiger charge is 2.21. The molecular formula is C17H13N3S. The highest BCUT2D eigenvalue weighted by Crippen LogP contribution is 2.36. The summed E-state index contributed by atoms with van der Waals surface area (Å²) in [4.78, 5) is 1.36. The molecule has 4 heteroatoms. The highest BCUT2D eigenvalue weighted by atomic mass is 32.2. The van der Waals surface area contributed by atoms with E-state index in [0.29, 0.717) is 16.4 Å². The second-order valence-electron chi connectivity index (χ2n) is 4.92. The maximum absolute atomic E-state index is 9.04. The van der Waals surface area contributed by atoms with Crippen LogP contribution in [0.15, 0.2) is 47.4 Å². The van der Waals surface area contributed by atoms with Gasteiger partial charge in [0.1, 0.15) is 12.1 Å². The normalized spacial score (nSPS) is 15.8.